The van der Waals surface area contributed by atoms with Crippen molar-refractivity contribution in [3.8, 4) is 0 Å². The highest BCUT2D eigenvalue weighted by atomic mass is 16.5. The summed E-state index contributed by atoms with van der Waals surface area (Å²) < 4.78 is 5.58. The van der Waals surface area contributed by atoms with Crippen molar-refractivity contribution in [2.24, 2.45) is 23.2 Å². The summed E-state index contributed by atoms with van der Waals surface area (Å²) in [5, 5.41) is 3.08. The van der Waals surface area contributed by atoms with Gasteiger partial charge < -0.3 is 10.1 Å². The van der Waals surface area contributed by atoms with Gasteiger partial charge in [0.1, 0.15) is 0 Å². The Kier molecular flexibility index (Phi) is 2.87. The van der Waals surface area contributed by atoms with E-state index >= 15 is 0 Å². The van der Waals surface area contributed by atoms with Crippen LogP contribution < -0.4 is 5.32 Å². The molecule has 5 nitrogen and oxygen atoms in total. The Bertz CT molecular complexity index is 455. The number of nitrogens with one attached hydrogen (secondary N) is 1. The van der Waals surface area contributed by atoms with E-state index in [0.29, 0.717) is 0 Å². The van der Waals surface area contributed by atoms with E-state index in [2.05, 4.69) is 5.32 Å². The van der Waals surface area contributed by atoms with Crippen LogP contribution >= 0.6 is 0 Å². The Morgan fingerprint density at radius 2 is 1.71 bits per heavy atom. The van der Waals surface area contributed by atoms with Gasteiger partial charge in [0.25, 0.3) is 0 Å². The summed E-state index contributed by atoms with van der Waals surface area (Å²) in [7, 11) is 1.61. The molecule has 1 aliphatic heterocycles. The lowest BCUT2D eigenvalue weighted by molar-refractivity contribution is -0.142. The number of carbonyl (C=O) groups is 2. The van der Waals surface area contributed by atoms with Crippen molar-refractivity contribution in [2.75, 3.05) is 7.11 Å². The zero-order valence-corrected chi connectivity index (χ0v) is 12.8. The van der Waals surface area contributed by atoms with E-state index in [4.69, 9.17) is 4.74 Å². The predicted molar refractivity (Wildman–Crippen MR) is 76.2 cm³/mol. The molecule has 3 amide bonds. The molecule has 5 fully saturated rings. The van der Waals surface area contributed by atoms with Gasteiger partial charge in [0.2, 0.25) is 5.91 Å². The topological polar surface area (TPSA) is 58.6 Å². The van der Waals surface area contributed by atoms with E-state index in [1.54, 1.807) is 7.11 Å². The van der Waals surface area contributed by atoms with Gasteiger partial charge >= 0.3 is 6.03 Å². The highest BCUT2D eigenvalue weighted by Crippen LogP contribution is 2.62. The molecule has 4 aliphatic carbocycles. The highest BCUT2D eigenvalue weighted by Gasteiger charge is 2.59. The second kappa shape index (κ2) is 4.45. The molecule has 0 spiro atoms. The highest BCUT2D eigenvalue weighted by molar-refractivity contribution is 5.95. The number of imide groups is 1. The maximum Gasteiger partial charge on any atom is 0.326 e. The van der Waals surface area contributed by atoms with Crippen LogP contribution in [-0.2, 0) is 9.53 Å². The minimum atomic E-state index is -0.439. The summed E-state index contributed by atoms with van der Waals surface area (Å²) in [6.07, 6.45) is 7.24. The average Bonchev–Trinajstić information content (AvgIpc) is 2.74. The quantitative estimate of drug-likeness (QED) is 0.848. The van der Waals surface area contributed by atoms with Gasteiger partial charge in [0.05, 0.1) is 6.04 Å². The Morgan fingerprint density at radius 1 is 1.19 bits per heavy atom. The molecule has 1 heterocycles. The minimum Gasteiger partial charge on any atom is -0.359 e. The molecular weight excluding hydrogens is 268 g/mol. The fraction of sp³-hybridized carbons (Fsp3) is 0.875. The number of carbonyl (C=O) groups excluding carboxylic acids is 2. The van der Waals surface area contributed by atoms with Crippen LogP contribution in [0.5, 0.6) is 0 Å². The van der Waals surface area contributed by atoms with E-state index in [-0.39, 0.29) is 23.4 Å². The average molecular weight is 292 g/mol. The van der Waals surface area contributed by atoms with E-state index < -0.39 is 6.23 Å². The Balaban J connectivity index is 1.66. The van der Waals surface area contributed by atoms with Crippen LogP contribution in [0.3, 0.4) is 0 Å². The number of ether oxygens (including phenoxy) is 1. The Hall–Kier alpha value is -1.10. The molecule has 0 radical (unpaired) electrons. The van der Waals surface area contributed by atoms with Crippen molar-refractivity contribution < 1.29 is 14.3 Å². The lowest BCUT2D eigenvalue weighted by atomic mass is 9.47. The number of nitrogens with zero attached hydrogens (tertiary/aromatic N) is 1. The van der Waals surface area contributed by atoms with E-state index in [1.807, 2.05) is 0 Å². The number of rotatable bonds is 2. The molecule has 5 aliphatic rings. The smallest absolute Gasteiger partial charge is 0.326 e. The summed E-state index contributed by atoms with van der Waals surface area (Å²) in [4.78, 5) is 25.3. The third-order valence-corrected chi connectivity index (χ3v) is 6.36. The van der Waals surface area contributed by atoms with Crippen LogP contribution in [-0.4, -0.2) is 36.2 Å². The molecule has 0 aromatic carbocycles. The van der Waals surface area contributed by atoms with Crippen molar-refractivity contribution in [1.29, 1.82) is 0 Å². The van der Waals surface area contributed by atoms with Crippen molar-refractivity contribution in [3.63, 3.8) is 0 Å². The monoisotopic (exact) mass is 292 g/mol. The van der Waals surface area contributed by atoms with Gasteiger partial charge in [-0.05, 0) is 61.7 Å². The summed E-state index contributed by atoms with van der Waals surface area (Å²) in [5.74, 6) is 2.22. The summed E-state index contributed by atoms with van der Waals surface area (Å²) in [6.45, 7) is 1.44. The van der Waals surface area contributed by atoms with Gasteiger partial charge in [-0.2, -0.15) is 0 Å². The van der Waals surface area contributed by atoms with Crippen LogP contribution in [0.4, 0.5) is 4.79 Å². The second-order valence-electron chi connectivity index (χ2n) is 7.72. The van der Waals surface area contributed by atoms with Crippen LogP contribution in [0.2, 0.25) is 0 Å². The SMILES string of the molecule is CO[C@H]1[C@H](C23CC4CC(CC(C4)C2)C3)NC(=O)N1C(C)=O. The van der Waals surface area contributed by atoms with Crippen molar-refractivity contribution in [2.45, 2.75) is 57.7 Å². The summed E-state index contributed by atoms with van der Waals surface area (Å²) in [6, 6.07) is -0.317. The molecule has 1 saturated heterocycles. The Labute approximate surface area is 125 Å². The molecule has 116 valence electrons. The van der Waals surface area contributed by atoms with E-state index in [0.717, 1.165) is 17.8 Å². The first-order valence-electron chi connectivity index (χ1n) is 8.15. The number of amides is 3. The second-order valence-corrected chi connectivity index (χ2v) is 7.72. The maximum atomic E-state index is 12.2. The van der Waals surface area contributed by atoms with Gasteiger partial charge in [-0.25, -0.2) is 9.69 Å². The van der Waals surface area contributed by atoms with Crippen molar-refractivity contribution in [1.82, 2.24) is 10.2 Å². The minimum absolute atomic E-state index is 0.0349. The van der Waals surface area contributed by atoms with Gasteiger partial charge in [-0.3, -0.25) is 4.79 Å². The van der Waals surface area contributed by atoms with Gasteiger partial charge in [0, 0.05) is 14.0 Å². The molecule has 4 bridgehead atoms. The first-order chi connectivity index (χ1) is 10.0. The lowest BCUT2D eigenvalue weighted by Gasteiger charge is -2.59. The summed E-state index contributed by atoms with van der Waals surface area (Å²) >= 11 is 0. The van der Waals surface area contributed by atoms with E-state index in [9.17, 15) is 9.59 Å². The molecule has 2 atom stereocenters. The third kappa shape index (κ3) is 1.86. The molecule has 0 aromatic rings. The zero-order valence-electron chi connectivity index (χ0n) is 12.8. The lowest BCUT2D eigenvalue weighted by Crippen LogP contribution is -2.58. The number of hydrogen-bond donors (Lipinski definition) is 1. The molecule has 1 N–H and O–H groups in total. The van der Waals surface area contributed by atoms with Gasteiger partial charge in [-0.15, -0.1) is 0 Å². The molecular formula is C16H24N2O3. The molecule has 0 aromatic heterocycles. The van der Waals surface area contributed by atoms with Crippen LogP contribution in [0.15, 0.2) is 0 Å². The predicted octanol–water partition coefficient (Wildman–Crippen LogP) is 2.12. The number of hydrogen-bond acceptors (Lipinski definition) is 3. The normalized spacial score (nSPS) is 47.8. The van der Waals surface area contributed by atoms with E-state index in [1.165, 1.54) is 50.3 Å². The van der Waals surface area contributed by atoms with Gasteiger partial charge in [0.15, 0.2) is 6.23 Å². The van der Waals surface area contributed by atoms with Crippen molar-refractivity contribution >= 4 is 11.9 Å². The number of methoxy groups -OCH3 is 1. The first kappa shape index (κ1) is 13.6. The largest absolute Gasteiger partial charge is 0.359 e. The standard InChI is InChI=1S/C16H24N2O3/c1-9(19)18-14(21-2)13(17-15(18)20)16-6-10-3-11(7-16)5-12(4-10)8-16/h10-14H,3-8H2,1-2H3,(H,17,20)/t10?,11?,12?,13-,14+,16?/m1/s1. The summed E-state index contributed by atoms with van der Waals surface area (Å²) in [5.41, 5.74) is 0.148. The molecule has 4 saturated carbocycles. The van der Waals surface area contributed by atoms with Gasteiger partial charge in [-0.1, -0.05) is 0 Å². The van der Waals surface area contributed by atoms with Crippen LogP contribution in [0.25, 0.3) is 0 Å². The first-order valence-corrected chi connectivity index (χ1v) is 8.15. The fourth-order valence-electron chi connectivity index (χ4n) is 6.12. The number of urea groups is 1. The fourth-order valence-corrected chi connectivity index (χ4v) is 6.12. The third-order valence-electron chi connectivity index (χ3n) is 6.36. The maximum absolute atomic E-state index is 12.2. The molecule has 5 rings (SSSR count). The molecule has 5 heteroatoms. The zero-order chi connectivity index (χ0) is 14.8. The Morgan fingerprint density at radius 3 is 2.14 bits per heavy atom. The van der Waals surface area contributed by atoms with Crippen LogP contribution in [0.1, 0.15) is 45.4 Å². The van der Waals surface area contributed by atoms with Crippen molar-refractivity contribution in [3.05, 3.63) is 0 Å². The van der Waals surface area contributed by atoms with Crippen LogP contribution in [0, 0.1) is 23.2 Å². The molecule has 0 unspecified atom stereocenters. The molecule has 21 heavy (non-hydrogen) atoms.